The Bertz CT molecular complexity index is 744. The van der Waals surface area contributed by atoms with Crippen LogP contribution in [-0.4, -0.2) is 17.0 Å². The average molecular weight is 304 g/mol. The van der Waals surface area contributed by atoms with E-state index in [9.17, 15) is 0 Å². The van der Waals surface area contributed by atoms with Gasteiger partial charge in [0.2, 0.25) is 5.95 Å². The Hall–Kier alpha value is -2.88. The number of benzene rings is 2. The van der Waals surface area contributed by atoms with Crippen molar-refractivity contribution < 1.29 is 0 Å². The Morgan fingerprint density at radius 3 is 2.26 bits per heavy atom. The fourth-order valence-corrected chi connectivity index (χ4v) is 2.41. The van der Waals surface area contributed by atoms with Crippen LogP contribution >= 0.6 is 0 Å². The van der Waals surface area contributed by atoms with Crippen LogP contribution in [0.25, 0.3) is 0 Å². The van der Waals surface area contributed by atoms with Gasteiger partial charge in [-0.1, -0.05) is 48.5 Å². The standard InChI is InChI=1S/C19H20N4/c1-15(16-9-5-3-6-10-16)21-19-20-14-13-18(22-19)23(2)17-11-7-4-8-12-17/h3-15H,1-2H3,(H,20,21,22). The normalized spacial score (nSPS) is 11.7. The second kappa shape index (κ2) is 6.92. The maximum Gasteiger partial charge on any atom is 0.225 e. The van der Waals surface area contributed by atoms with Gasteiger partial charge in [0.1, 0.15) is 5.82 Å². The van der Waals surface area contributed by atoms with Crippen molar-refractivity contribution >= 4 is 17.5 Å². The molecule has 4 heteroatoms. The van der Waals surface area contributed by atoms with Gasteiger partial charge < -0.3 is 10.2 Å². The molecule has 3 aromatic rings. The average Bonchev–Trinajstić information content (AvgIpc) is 2.63. The van der Waals surface area contributed by atoms with Crippen molar-refractivity contribution in [2.75, 3.05) is 17.3 Å². The predicted molar refractivity (Wildman–Crippen MR) is 95.0 cm³/mol. The Labute approximate surface area is 136 Å². The second-order valence-corrected chi connectivity index (χ2v) is 5.41. The molecule has 0 fully saturated rings. The van der Waals surface area contributed by atoms with E-state index in [0.29, 0.717) is 5.95 Å². The summed E-state index contributed by atoms with van der Waals surface area (Å²) in [6.45, 7) is 2.10. The van der Waals surface area contributed by atoms with Crippen molar-refractivity contribution in [1.29, 1.82) is 0 Å². The minimum Gasteiger partial charge on any atom is -0.348 e. The van der Waals surface area contributed by atoms with Crippen molar-refractivity contribution in [3.63, 3.8) is 0 Å². The smallest absolute Gasteiger partial charge is 0.225 e. The fraction of sp³-hybridized carbons (Fsp3) is 0.158. The van der Waals surface area contributed by atoms with Crippen LogP contribution in [0, 0.1) is 0 Å². The van der Waals surface area contributed by atoms with Crippen LogP contribution < -0.4 is 10.2 Å². The van der Waals surface area contributed by atoms with Crippen molar-refractivity contribution in [2.24, 2.45) is 0 Å². The largest absolute Gasteiger partial charge is 0.348 e. The summed E-state index contributed by atoms with van der Waals surface area (Å²) < 4.78 is 0. The SMILES string of the molecule is CC(Nc1nccc(N(C)c2ccccc2)n1)c1ccccc1. The first-order valence-corrected chi connectivity index (χ1v) is 7.67. The molecule has 4 nitrogen and oxygen atoms in total. The minimum atomic E-state index is 0.147. The zero-order valence-electron chi connectivity index (χ0n) is 13.3. The van der Waals surface area contributed by atoms with E-state index in [0.717, 1.165) is 11.5 Å². The molecular weight excluding hydrogens is 284 g/mol. The van der Waals surface area contributed by atoms with Gasteiger partial charge in [-0.3, -0.25) is 0 Å². The molecule has 1 aromatic heterocycles. The van der Waals surface area contributed by atoms with E-state index in [-0.39, 0.29) is 6.04 Å². The van der Waals surface area contributed by atoms with E-state index in [4.69, 9.17) is 0 Å². The molecule has 0 amide bonds. The van der Waals surface area contributed by atoms with Crippen LogP contribution in [0.1, 0.15) is 18.5 Å². The summed E-state index contributed by atoms with van der Waals surface area (Å²) in [5.41, 5.74) is 2.30. The van der Waals surface area contributed by atoms with E-state index >= 15 is 0 Å². The van der Waals surface area contributed by atoms with E-state index < -0.39 is 0 Å². The number of hydrogen-bond donors (Lipinski definition) is 1. The Morgan fingerprint density at radius 2 is 1.57 bits per heavy atom. The van der Waals surface area contributed by atoms with E-state index in [1.165, 1.54) is 5.56 Å². The molecule has 1 atom stereocenters. The highest BCUT2D eigenvalue weighted by Crippen LogP contribution is 2.23. The molecule has 0 saturated carbocycles. The number of para-hydroxylation sites is 1. The van der Waals surface area contributed by atoms with Crippen molar-refractivity contribution in [2.45, 2.75) is 13.0 Å². The van der Waals surface area contributed by atoms with Gasteiger partial charge in [-0.25, -0.2) is 4.98 Å². The van der Waals surface area contributed by atoms with Gasteiger partial charge >= 0.3 is 0 Å². The lowest BCUT2D eigenvalue weighted by atomic mass is 10.1. The van der Waals surface area contributed by atoms with Gasteiger partial charge in [-0.2, -0.15) is 4.98 Å². The lowest BCUT2D eigenvalue weighted by molar-refractivity contribution is 0.859. The van der Waals surface area contributed by atoms with Gasteiger partial charge in [0.15, 0.2) is 0 Å². The number of anilines is 3. The summed E-state index contributed by atoms with van der Waals surface area (Å²) in [5.74, 6) is 1.48. The zero-order valence-corrected chi connectivity index (χ0v) is 13.3. The maximum atomic E-state index is 4.62. The first-order valence-electron chi connectivity index (χ1n) is 7.67. The van der Waals surface area contributed by atoms with Crippen LogP contribution in [0.15, 0.2) is 72.9 Å². The van der Waals surface area contributed by atoms with E-state index in [2.05, 4.69) is 46.5 Å². The highest BCUT2D eigenvalue weighted by Gasteiger charge is 2.09. The third-order valence-electron chi connectivity index (χ3n) is 3.77. The lowest BCUT2D eigenvalue weighted by Crippen LogP contribution is -2.14. The molecule has 0 spiro atoms. The molecule has 116 valence electrons. The van der Waals surface area contributed by atoms with Crippen LogP contribution in [0.4, 0.5) is 17.5 Å². The summed E-state index contributed by atoms with van der Waals surface area (Å²) in [4.78, 5) is 11.0. The van der Waals surface area contributed by atoms with Gasteiger partial charge in [0.05, 0.1) is 6.04 Å². The van der Waals surface area contributed by atoms with E-state index in [1.54, 1.807) is 6.20 Å². The summed E-state index contributed by atoms with van der Waals surface area (Å²) in [5, 5.41) is 3.36. The highest BCUT2D eigenvalue weighted by atomic mass is 15.2. The number of rotatable bonds is 5. The third-order valence-corrected chi connectivity index (χ3v) is 3.77. The van der Waals surface area contributed by atoms with Crippen LogP contribution in [0.3, 0.4) is 0 Å². The predicted octanol–water partition coefficient (Wildman–Crippen LogP) is 4.42. The first kappa shape index (κ1) is 15.0. The van der Waals surface area contributed by atoms with Crippen LogP contribution in [-0.2, 0) is 0 Å². The molecule has 23 heavy (non-hydrogen) atoms. The van der Waals surface area contributed by atoms with Crippen LogP contribution in [0.2, 0.25) is 0 Å². The summed E-state index contributed by atoms with van der Waals surface area (Å²) >= 11 is 0. The summed E-state index contributed by atoms with van der Waals surface area (Å²) in [7, 11) is 2.00. The monoisotopic (exact) mass is 304 g/mol. The van der Waals surface area contributed by atoms with Gasteiger partial charge in [-0.05, 0) is 30.7 Å². The molecule has 0 saturated heterocycles. The van der Waals surface area contributed by atoms with Gasteiger partial charge in [0, 0.05) is 18.9 Å². The molecular formula is C19H20N4. The van der Waals surface area contributed by atoms with Gasteiger partial charge in [0.25, 0.3) is 0 Å². The molecule has 0 aliphatic rings. The fourth-order valence-electron chi connectivity index (χ4n) is 2.41. The molecule has 3 rings (SSSR count). The molecule has 1 heterocycles. The van der Waals surface area contributed by atoms with Crippen molar-refractivity contribution in [1.82, 2.24) is 9.97 Å². The number of nitrogens with zero attached hydrogens (tertiary/aromatic N) is 3. The summed E-state index contributed by atoms with van der Waals surface area (Å²) in [6, 6.07) is 22.5. The molecule has 0 aliphatic carbocycles. The van der Waals surface area contributed by atoms with E-state index in [1.807, 2.05) is 54.4 Å². The zero-order chi connectivity index (χ0) is 16.1. The molecule has 0 radical (unpaired) electrons. The summed E-state index contributed by atoms with van der Waals surface area (Å²) in [6.07, 6.45) is 1.78. The Kier molecular flexibility index (Phi) is 4.52. The van der Waals surface area contributed by atoms with Crippen molar-refractivity contribution in [3.8, 4) is 0 Å². The van der Waals surface area contributed by atoms with Crippen molar-refractivity contribution in [3.05, 3.63) is 78.5 Å². The molecule has 2 aromatic carbocycles. The minimum absolute atomic E-state index is 0.147. The Balaban J connectivity index is 1.78. The molecule has 1 N–H and O–H groups in total. The Morgan fingerprint density at radius 1 is 0.913 bits per heavy atom. The lowest BCUT2D eigenvalue weighted by Gasteiger charge is -2.20. The highest BCUT2D eigenvalue weighted by molar-refractivity contribution is 5.59. The first-order chi connectivity index (χ1) is 11.2. The maximum absolute atomic E-state index is 4.62. The number of aromatic nitrogens is 2. The quantitative estimate of drug-likeness (QED) is 0.757. The molecule has 1 unspecified atom stereocenters. The van der Waals surface area contributed by atoms with Gasteiger partial charge in [-0.15, -0.1) is 0 Å². The molecule has 0 aliphatic heterocycles. The van der Waals surface area contributed by atoms with Crippen LogP contribution in [0.5, 0.6) is 0 Å². The third kappa shape index (κ3) is 3.66. The number of nitrogens with one attached hydrogen (secondary N) is 1. The second-order valence-electron chi connectivity index (χ2n) is 5.41. The number of hydrogen-bond acceptors (Lipinski definition) is 4. The topological polar surface area (TPSA) is 41.1 Å². The molecule has 0 bridgehead atoms.